The van der Waals surface area contributed by atoms with Crippen molar-refractivity contribution in [3.63, 3.8) is 0 Å². The number of nitrogens with zero attached hydrogens (tertiary/aromatic N) is 1. The fourth-order valence-corrected chi connectivity index (χ4v) is 8.33. The summed E-state index contributed by atoms with van der Waals surface area (Å²) >= 11 is 0. The minimum absolute atomic E-state index is 0.531. The van der Waals surface area contributed by atoms with Crippen molar-refractivity contribution in [2.24, 2.45) is 0 Å². The van der Waals surface area contributed by atoms with E-state index in [2.05, 4.69) is 181 Å². The van der Waals surface area contributed by atoms with Crippen LogP contribution < -0.4 is 4.90 Å². The van der Waals surface area contributed by atoms with Gasteiger partial charge in [-0.05, 0) is 81.1 Å². The van der Waals surface area contributed by atoms with E-state index in [0.717, 1.165) is 39.0 Å². The summed E-state index contributed by atoms with van der Waals surface area (Å²) in [6.07, 6.45) is 0. The SMILES string of the molecule is c1ccc(N(c2ccc3oc4ccccc4c3c2)c2cc3ccccc3c3c2-c2ccccc2C3(c2ccccc2)c2ccccc2)cc1. The fourth-order valence-electron chi connectivity index (χ4n) is 8.33. The molecule has 1 aromatic heterocycles. The Balaban J connectivity index is 1.37. The van der Waals surface area contributed by atoms with Crippen LogP contribution in [0.4, 0.5) is 17.1 Å². The second-order valence-electron chi connectivity index (χ2n) is 12.8. The highest BCUT2D eigenvalue weighted by Gasteiger charge is 2.48. The first-order valence-electron chi connectivity index (χ1n) is 16.9. The summed E-state index contributed by atoms with van der Waals surface area (Å²) in [5, 5.41) is 4.69. The van der Waals surface area contributed by atoms with Crippen LogP contribution in [0.2, 0.25) is 0 Å². The average Bonchev–Trinajstić information content (AvgIpc) is 3.70. The van der Waals surface area contributed by atoms with Crippen molar-refractivity contribution in [2.75, 3.05) is 4.90 Å². The number of para-hydroxylation sites is 2. The maximum atomic E-state index is 6.28. The predicted octanol–water partition coefficient (Wildman–Crippen LogP) is 12.6. The molecule has 2 heteroatoms. The molecule has 230 valence electrons. The summed E-state index contributed by atoms with van der Waals surface area (Å²) in [5.41, 5.74) is 12.2. The van der Waals surface area contributed by atoms with Crippen molar-refractivity contribution in [1.82, 2.24) is 0 Å². The molecule has 0 aliphatic heterocycles. The lowest BCUT2D eigenvalue weighted by Crippen LogP contribution is -2.29. The zero-order valence-corrected chi connectivity index (χ0v) is 26.8. The van der Waals surface area contributed by atoms with Gasteiger partial charge in [0.25, 0.3) is 0 Å². The van der Waals surface area contributed by atoms with Gasteiger partial charge in [-0.15, -0.1) is 0 Å². The molecule has 9 aromatic rings. The van der Waals surface area contributed by atoms with Crippen LogP contribution in [0.5, 0.6) is 0 Å². The molecular formula is C47H31NO. The predicted molar refractivity (Wildman–Crippen MR) is 203 cm³/mol. The number of hydrogen-bond acceptors (Lipinski definition) is 2. The summed E-state index contributed by atoms with van der Waals surface area (Å²) in [5.74, 6) is 0. The molecule has 1 aliphatic carbocycles. The molecule has 0 bridgehead atoms. The van der Waals surface area contributed by atoms with Crippen molar-refractivity contribution >= 4 is 49.8 Å². The van der Waals surface area contributed by atoms with Crippen LogP contribution in [-0.4, -0.2) is 0 Å². The minimum Gasteiger partial charge on any atom is -0.456 e. The van der Waals surface area contributed by atoms with Crippen LogP contribution in [0.15, 0.2) is 192 Å². The normalized spacial score (nSPS) is 13.1. The summed E-state index contributed by atoms with van der Waals surface area (Å²) in [7, 11) is 0. The molecule has 0 spiro atoms. The highest BCUT2D eigenvalue weighted by atomic mass is 16.3. The Bertz CT molecular complexity index is 2620. The second-order valence-corrected chi connectivity index (χ2v) is 12.8. The van der Waals surface area contributed by atoms with E-state index < -0.39 is 5.41 Å². The lowest BCUT2D eigenvalue weighted by atomic mass is 9.66. The number of rotatable bonds is 5. The topological polar surface area (TPSA) is 16.4 Å². The molecule has 0 saturated carbocycles. The molecule has 0 radical (unpaired) electrons. The molecule has 10 rings (SSSR count). The Hall–Kier alpha value is -6.38. The van der Waals surface area contributed by atoms with E-state index in [1.807, 2.05) is 12.1 Å². The summed E-state index contributed by atoms with van der Waals surface area (Å²) in [6.45, 7) is 0. The van der Waals surface area contributed by atoms with Crippen LogP contribution in [0, 0.1) is 0 Å². The fraction of sp³-hybridized carbons (Fsp3) is 0.0213. The van der Waals surface area contributed by atoms with Gasteiger partial charge in [0, 0.05) is 27.7 Å². The molecule has 0 saturated heterocycles. The Kier molecular flexibility index (Phi) is 6.13. The Morgan fingerprint density at radius 2 is 1.02 bits per heavy atom. The van der Waals surface area contributed by atoms with E-state index >= 15 is 0 Å². The molecule has 1 aliphatic rings. The van der Waals surface area contributed by atoms with Crippen molar-refractivity contribution in [3.8, 4) is 11.1 Å². The van der Waals surface area contributed by atoms with Gasteiger partial charge in [-0.2, -0.15) is 0 Å². The molecule has 8 aromatic carbocycles. The first-order valence-corrected chi connectivity index (χ1v) is 16.9. The van der Waals surface area contributed by atoms with E-state index in [-0.39, 0.29) is 0 Å². The minimum atomic E-state index is -0.531. The van der Waals surface area contributed by atoms with Crippen molar-refractivity contribution in [3.05, 3.63) is 210 Å². The third-order valence-corrected chi connectivity index (χ3v) is 10.3. The number of fused-ring (bicyclic) bond motifs is 8. The molecular weight excluding hydrogens is 595 g/mol. The van der Waals surface area contributed by atoms with Gasteiger partial charge >= 0.3 is 0 Å². The first kappa shape index (κ1) is 27.7. The number of hydrogen-bond donors (Lipinski definition) is 0. The third-order valence-electron chi connectivity index (χ3n) is 10.3. The second kappa shape index (κ2) is 10.8. The molecule has 1 heterocycles. The Morgan fingerprint density at radius 1 is 0.429 bits per heavy atom. The monoisotopic (exact) mass is 625 g/mol. The standard InChI is InChI=1S/C47H31NO/c1-4-17-33(18-5-1)47(34-19-6-2-7-20-34)41-26-14-12-25-39(41)45-42(30-32-16-10-11-23-37(32)46(45)47)48(35-21-8-3-9-22-35)36-28-29-44-40(31-36)38-24-13-15-27-43(38)49-44/h1-31H. The van der Waals surface area contributed by atoms with Crippen LogP contribution in [-0.2, 0) is 5.41 Å². The maximum absolute atomic E-state index is 6.28. The largest absolute Gasteiger partial charge is 0.456 e. The number of benzene rings is 8. The first-order chi connectivity index (χ1) is 24.3. The summed E-state index contributed by atoms with van der Waals surface area (Å²) in [6, 6.07) is 68.1. The van der Waals surface area contributed by atoms with Crippen LogP contribution in [0.25, 0.3) is 43.8 Å². The molecule has 2 nitrogen and oxygen atoms in total. The highest BCUT2D eigenvalue weighted by molar-refractivity contribution is 6.10. The Labute approximate surface area is 285 Å². The van der Waals surface area contributed by atoms with Gasteiger partial charge in [-0.1, -0.05) is 146 Å². The number of anilines is 3. The highest BCUT2D eigenvalue weighted by Crippen LogP contribution is 2.61. The van der Waals surface area contributed by atoms with Crippen LogP contribution >= 0.6 is 0 Å². The van der Waals surface area contributed by atoms with Crippen molar-refractivity contribution < 1.29 is 4.42 Å². The summed E-state index contributed by atoms with van der Waals surface area (Å²) in [4.78, 5) is 2.44. The van der Waals surface area contributed by atoms with Gasteiger partial charge in [0.05, 0.1) is 11.1 Å². The number of furan rings is 1. The van der Waals surface area contributed by atoms with E-state index in [9.17, 15) is 0 Å². The average molecular weight is 626 g/mol. The summed E-state index contributed by atoms with van der Waals surface area (Å²) < 4.78 is 6.28. The van der Waals surface area contributed by atoms with E-state index in [0.29, 0.717) is 0 Å². The lowest BCUT2D eigenvalue weighted by molar-refractivity contribution is 0.669. The van der Waals surface area contributed by atoms with Crippen LogP contribution in [0.3, 0.4) is 0 Å². The van der Waals surface area contributed by atoms with Gasteiger partial charge in [-0.3, -0.25) is 0 Å². The van der Waals surface area contributed by atoms with Crippen LogP contribution in [0.1, 0.15) is 22.3 Å². The maximum Gasteiger partial charge on any atom is 0.135 e. The van der Waals surface area contributed by atoms with Crippen molar-refractivity contribution in [2.45, 2.75) is 5.41 Å². The molecule has 0 fully saturated rings. The van der Waals surface area contributed by atoms with Gasteiger partial charge in [0.15, 0.2) is 0 Å². The van der Waals surface area contributed by atoms with E-state index in [1.165, 1.54) is 44.2 Å². The smallest absolute Gasteiger partial charge is 0.135 e. The van der Waals surface area contributed by atoms with Gasteiger partial charge in [0.2, 0.25) is 0 Å². The van der Waals surface area contributed by atoms with Gasteiger partial charge < -0.3 is 9.32 Å². The molecule has 0 N–H and O–H groups in total. The van der Waals surface area contributed by atoms with E-state index in [4.69, 9.17) is 4.42 Å². The molecule has 49 heavy (non-hydrogen) atoms. The third kappa shape index (κ3) is 4.01. The Morgan fingerprint density at radius 3 is 1.78 bits per heavy atom. The van der Waals surface area contributed by atoms with Gasteiger partial charge in [0.1, 0.15) is 11.2 Å². The quantitative estimate of drug-likeness (QED) is 0.189. The zero-order valence-electron chi connectivity index (χ0n) is 26.8. The van der Waals surface area contributed by atoms with E-state index in [1.54, 1.807) is 0 Å². The molecule has 0 amide bonds. The van der Waals surface area contributed by atoms with Crippen molar-refractivity contribution in [1.29, 1.82) is 0 Å². The van der Waals surface area contributed by atoms with Gasteiger partial charge in [-0.25, -0.2) is 0 Å². The molecule has 0 atom stereocenters. The molecule has 0 unspecified atom stereocenters. The zero-order chi connectivity index (χ0) is 32.4. The lowest BCUT2D eigenvalue weighted by Gasteiger charge is -2.35.